The summed E-state index contributed by atoms with van der Waals surface area (Å²) in [4.78, 5) is 5.51. The van der Waals surface area contributed by atoms with Crippen molar-refractivity contribution >= 4 is 11.8 Å². The Labute approximate surface area is 95.4 Å². The maximum Gasteiger partial charge on any atom is 0.0571 e. The number of methoxy groups -OCH3 is 1. The maximum atomic E-state index is 5.88. The molecule has 0 aromatic carbocycles. The van der Waals surface area contributed by atoms with Gasteiger partial charge in [-0.1, -0.05) is 6.92 Å². The maximum absolute atomic E-state index is 5.88. The van der Waals surface area contributed by atoms with E-state index in [2.05, 4.69) is 18.0 Å². The SMILES string of the molecule is CC[C@@H](N)c1ccc(SCCOC)cn1. The first kappa shape index (κ1) is 12.5. The highest BCUT2D eigenvalue weighted by atomic mass is 32.2. The number of nitrogens with zero attached hydrogens (tertiary/aromatic N) is 1. The van der Waals surface area contributed by atoms with Crippen LogP contribution in [0, 0.1) is 0 Å². The second kappa shape index (κ2) is 6.82. The van der Waals surface area contributed by atoms with Crippen LogP contribution in [-0.2, 0) is 4.74 Å². The van der Waals surface area contributed by atoms with Gasteiger partial charge in [0.1, 0.15) is 0 Å². The van der Waals surface area contributed by atoms with Gasteiger partial charge in [0.15, 0.2) is 0 Å². The van der Waals surface area contributed by atoms with Gasteiger partial charge < -0.3 is 10.5 Å². The highest BCUT2D eigenvalue weighted by Crippen LogP contribution is 2.18. The topological polar surface area (TPSA) is 48.1 Å². The third kappa shape index (κ3) is 4.20. The largest absolute Gasteiger partial charge is 0.384 e. The van der Waals surface area contributed by atoms with Gasteiger partial charge in [-0.15, -0.1) is 11.8 Å². The van der Waals surface area contributed by atoms with Crippen LogP contribution in [0.1, 0.15) is 25.1 Å². The summed E-state index contributed by atoms with van der Waals surface area (Å²) in [6, 6.07) is 4.13. The van der Waals surface area contributed by atoms with Crippen molar-refractivity contribution in [2.45, 2.75) is 24.3 Å². The number of aromatic nitrogens is 1. The van der Waals surface area contributed by atoms with Crippen molar-refractivity contribution in [1.82, 2.24) is 4.98 Å². The zero-order valence-corrected chi connectivity index (χ0v) is 10.1. The monoisotopic (exact) mass is 226 g/mol. The summed E-state index contributed by atoms with van der Waals surface area (Å²) in [5.41, 5.74) is 6.84. The Morgan fingerprint density at radius 3 is 2.87 bits per heavy atom. The summed E-state index contributed by atoms with van der Waals surface area (Å²) in [5.74, 6) is 0.956. The summed E-state index contributed by atoms with van der Waals surface area (Å²) >= 11 is 1.74. The number of pyridine rings is 1. The quantitative estimate of drug-likeness (QED) is 0.597. The molecule has 1 rings (SSSR count). The van der Waals surface area contributed by atoms with E-state index in [0.717, 1.165) is 24.5 Å². The normalized spacial score (nSPS) is 12.7. The first-order valence-electron chi connectivity index (χ1n) is 5.11. The van der Waals surface area contributed by atoms with E-state index in [1.165, 1.54) is 4.90 Å². The van der Waals surface area contributed by atoms with Crippen molar-refractivity contribution in [2.75, 3.05) is 19.5 Å². The Bertz CT molecular complexity index is 276. The lowest BCUT2D eigenvalue weighted by Crippen LogP contribution is -2.10. The van der Waals surface area contributed by atoms with Crippen LogP contribution in [0.3, 0.4) is 0 Å². The Morgan fingerprint density at radius 1 is 1.53 bits per heavy atom. The van der Waals surface area contributed by atoms with Crippen LogP contribution < -0.4 is 5.73 Å². The Balaban J connectivity index is 2.49. The predicted octanol–water partition coefficient (Wildman–Crippen LogP) is 2.23. The molecule has 0 aliphatic heterocycles. The van der Waals surface area contributed by atoms with Gasteiger partial charge >= 0.3 is 0 Å². The number of ether oxygens (including phenoxy) is 1. The smallest absolute Gasteiger partial charge is 0.0571 e. The molecule has 1 aromatic rings. The van der Waals surface area contributed by atoms with Crippen LogP contribution in [0.4, 0.5) is 0 Å². The van der Waals surface area contributed by atoms with Crippen LogP contribution in [0.5, 0.6) is 0 Å². The third-order valence-electron chi connectivity index (χ3n) is 2.14. The van der Waals surface area contributed by atoms with Crippen LogP contribution in [-0.4, -0.2) is 24.5 Å². The summed E-state index contributed by atoms with van der Waals surface area (Å²) in [5, 5.41) is 0. The van der Waals surface area contributed by atoms with Gasteiger partial charge in [0.2, 0.25) is 0 Å². The van der Waals surface area contributed by atoms with E-state index in [9.17, 15) is 0 Å². The lowest BCUT2D eigenvalue weighted by atomic mass is 10.1. The van der Waals surface area contributed by atoms with Crippen molar-refractivity contribution in [2.24, 2.45) is 5.73 Å². The molecule has 1 atom stereocenters. The molecule has 0 amide bonds. The van der Waals surface area contributed by atoms with E-state index in [4.69, 9.17) is 10.5 Å². The Morgan fingerprint density at radius 2 is 2.33 bits per heavy atom. The minimum Gasteiger partial charge on any atom is -0.384 e. The van der Waals surface area contributed by atoms with Gasteiger partial charge in [-0.2, -0.15) is 0 Å². The second-order valence-electron chi connectivity index (χ2n) is 3.27. The molecular weight excluding hydrogens is 208 g/mol. The minimum atomic E-state index is 0.0584. The molecule has 1 heterocycles. The van der Waals surface area contributed by atoms with Gasteiger partial charge in [-0.3, -0.25) is 4.98 Å². The van der Waals surface area contributed by atoms with Crippen molar-refractivity contribution in [3.63, 3.8) is 0 Å². The van der Waals surface area contributed by atoms with Crippen molar-refractivity contribution in [3.05, 3.63) is 24.0 Å². The summed E-state index contributed by atoms with van der Waals surface area (Å²) in [6.07, 6.45) is 2.80. The molecule has 3 nitrogen and oxygen atoms in total. The van der Waals surface area contributed by atoms with Gasteiger partial charge in [0.25, 0.3) is 0 Å². The Kier molecular flexibility index (Phi) is 5.68. The number of nitrogens with two attached hydrogens (primary N) is 1. The summed E-state index contributed by atoms with van der Waals surface area (Å²) in [6.45, 7) is 2.83. The molecule has 0 saturated carbocycles. The fraction of sp³-hybridized carbons (Fsp3) is 0.545. The molecule has 2 N–H and O–H groups in total. The molecule has 0 aliphatic rings. The molecule has 0 bridgehead atoms. The minimum absolute atomic E-state index is 0.0584. The average Bonchev–Trinajstić information content (AvgIpc) is 2.29. The number of hydrogen-bond acceptors (Lipinski definition) is 4. The molecule has 0 spiro atoms. The van der Waals surface area contributed by atoms with Gasteiger partial charge in [-0.05, 0) is 18.6 Å². The number of hydrogen-bond donors (Lipinski definition) is 1. The first-order chi connectivity index (χ1) is 7.27. The molecule has 0 radical (unpaired) electrons. The molecule has 0 fully saturated rings. The fourth-order valence-electron chi connectivity index (χ4n) is 1.15. The zero-order valence-electron chi connectivity index (χ0n) is 9.27. The first-order valence-corrected chi connectivity index (χ1v) is 6.09. The zero-order chi connectivity index (χ0) is 11.1. The molecule has 4 heteroatoms. The van der Waals surface area contributed by atoms with Gasteiger partial charge in [0.05, 0.1) is 12.3 Å². The fourth-order valence-corrected chi connectivity index (χ4v) is 1.93. The van der Waals surface area contributed by atoms with E-state index in [1.54, 1.807) is 18.9 Å². The lowest BCUT2D eigenvalue weighted by Gasteiger charge is -2.08. The molecule has 0 saturated heterocycles. The van der Waals surface area contributed by atoms with Crippen molar-refractivity contribution in [3.8, 4) is 0 Å². The lowest BCUT2D eigenvalue weighted by molar-refractivity contribution is 0.218. The van der Waals surface area contributed by atoms with Crippen LogP contribution in [0.2, 0.25) is 0 Å². The molecular formula is C11H18N2OS. The summed E-state index contributed by atoms with van der Waals surface area (Å²) < 4.78 is 4.98. The molecule has 1 aromatic heterocycles. The van der Waals surface area contributed by atoms with E-state index >= 15 is 0 Å². The summed E-state index contributed by atoms with van der Waals surface area (Å²) in [7, 11) is 1.71. The number of thioether (sulfide) groups is 1. The van der Waals surface area contributed by atoms with E-state index in [-0.39, 0.29) is 6.04 Å². The third-order valence-corrected chi connectivity index (χ3v) is 3.08. The molecule has 84 valence electrons. The standard InChI is InChI=1S/C11H18N2OS/c1-3-10(12)11-5-4-9(8-13-11)15-7-6-14-2/h4-5,8,10H,3,6-7,12H2,1-2H3/t10-/m1/s1. The predicted molar refractivity (Wildman–Crippen MR) is 64.1 cm³/mol. The molecule has 0 aliphatic carbocycles. The van der Waals surface area contributed by atoms with Crippen LogP contribution >= 0.6 is 11.8 Å². The van der Waals surface area contributed by atoms with Gasteiger partial charge in [0, 0.05) is 30.0 Å². The number of rotatable bonds is 6. The highest BCUT2D eigenvalue weighted by molar-refractivity contribution is 7.99. The average molecular weight is 226 g/mol. The van der Waals surface area contributed by atoms with Crippen molar-refractivity contribution in [1.29, 1.82) is 0 Å². The Hall–Kier alpha value is -0.580. The molecule has 15 heavy (non-hydrogen) atoms. The van der Waals surface area contributed by atoms with E-state index in [1.807, 2.05) is 12.3 Å². The van der Waals surface area contributed by atoms with Crippen LogP contribution in [0.15, 0.2) is 23.2 Å². The molecule has 0 unspecified atom stereocenters. The van der Waals surface area contributed by atoms with Gasteiger partial charge in [-0.25, -0.2) is 0 Å². The van der Waals surface area contributed by atoms with E-state index in [0.29, 0.717) is 0 Å². The highest BCUT2D eigenvalue weighted by Gasteiger charge is 2.04. The van der Waals surface area contributed by atoms with Crippen molar-refractivity contribution < 1.29 is 4.74 Å². The van der Waals surface area contributed by atoms with E-state index < -0.39 is 0 Å². The van der Waals surface area contributed by atoms with Crippen LogP contribution in [0.25, 0.3) is 0 Å². The second-order valence-corrected chi connectivity index (χ2v) is 4.44.